The van der Waals surface area contributed by atoms with Gasteiger partial charge in [0.2, 0.25) is 0 Å². The van der Waals surface area contributed by atoms with Gasteiger partial charge in [-0.2, -0.15) is 0 Å². The minimum absolute atomic E-state index is 0.518. The second-order valence-electron chi connectivity index (χ2n) is 3.67. The quantitative estimate of drug-likeness (QED) is 0.549. The second-order valence-corrected chi connectivity index (χ2v) is 4.73. The molecular weight excluding hydrogens is 208 g/mol. The van der Waals surface area contributed by atoms with Crippen LogP contribution in [0, 0.1) is 0 Å². The van der Waals surface area contributed by atoms with Crippen LogP contribution in [0.5, 0.6) is 0 Å². The molecule has 5 heteroatoms. The van der Waals surface area contributed by atoms with Gasteiger partial charge >= 0.3 is 0 Å². The first-order valence-corrected chi connectivity index (χ1v) is 6.18. The highest BCUT2D eigenvalue weighted by Gasteiger charge is 2.09. The van der Waals surface area contributed by atoms with Gasteiger partial charge in [0.05, 0.1) is 6.54 Å². The fraction of sp³-hybridized carbons (Fsp3) is 0.700. The average Bonchev–Trinajstić information content (AvgIpc) is 2.25. The van der Waals surface area contributed by atoms with Gasteiger partial charge in [-0.1, -0.05) is 6.92 Å². The van der Waals surface area contributed by atoms with Crippen molar-refractivity contribution in [2.75, 3.05) is 26.4 Å². The number of aliphatic imine (C=N–C) groups is 1. The molecule has 0 fully saturated rings. The van der Waals surface area contributed by atoms with Crippen molar-refractivity contribution in [3.63, 3.8) is 0 Å². The third-order valence-electron chi connectivity index (χ3n) is 2.05. The summed E-state index contributed by atoms with van der Waals surface area (Å²) in [6.07, 6.45) is 6.92. The first kappa shape index (κ1) is 12.5. The van der Waals surface area contributed by atoms with E-state index in [4.69, 9.17) is 0 Å². The maximum atomic E-state index is 4.09. The van der Waals surface area contributed by atoms with Crippen molar-refractivity contribution in [2.24, 2.45) is 4.99 Å². The van der Waals surface area contributed by atoms with E-state index in [1.807, 2.05) is 43.6 Å². The van der Waals surface area contributed by atoms with E-state index in [-0.39, 0.29) is 0 Å². The van der Waals surface area contributed by atoms with Crippen molar-refractivity contribution in [1.82, 2.24) is 14.7 Å². The Labute approximate surface area is 96.5 Å². The minimum Gasteiger partial charge on any atom is -0.303 e. The molecular formula is C10H20N4S. The summed E-state index contributed by atoms with van der Waals surface area (Å²) in [5, 5.41) is 2.01. The molecule has 0 aromatic rings. The molecule has 1 N–H and O–H groups in total. The summed E-state index contributed by atoms with van der Waals surface area (Å²) in [6.45, 7) is 3.15. The Kier molecular flexibility index (Phi) is 5.75. The summed E-state index contributed by atoms with van der Waals surface area (Å²) < 4.78 is 2.15. The topological polar surface area (TPSA) is 30.9 Å². The summed E-state index contributed by atoms with van der Waals surface area (Å²) in [7, 11) is 4.05. The average molecular weight is 228 g/mol. The Hall–Kier alpha value is -0.520. The van der Waals surface area contributed by atoms with Crippen LogP contribution in [-0.4, -0.2) is 48.1 Å². The second kappa shape index (κ2) is 6.87. The zero-order valence-electron chi connectivity index (χ0n) is 9.68. The van der Waals surface area contributed by atoms with Gasteiger partial charge in [0, 0.05) is 32.1 Å². The van der Waals surface area contributed by atoms with Crippen molar-refractivity contribution < 1.29 is 0 Å². The molecule has 86 valence electrons. The molecule has 0 aliphatic carbocycles. The smallest absolute Gasteiger partial charge is 0.101 e. The predicted octanol–water partition coefficient (Wildman–Crippen LogP) is 1.34. The molecule has 0 aromatic carbocycles. The van der Waals surface area contributed by atoms with Crippen molar-refractivity contribution in [1.29, 1.82) is 0 Å². The molecule has 0 aromatic heterocycles. The number of hydrogen-bond donors (Lipinski definition) is 1. The molecule has 4 nitrogen and oxygen atoms in total. The van der Waals surface area contributed by atoms with Gasteiger partial charge in [-0.25, -0.2) is 4.99 Å². The summed E-state index contributed by atoms with van der Waals surface area (Å²) in [4.78, 5) is 4.09. The molecule has 1 unspecified atom stereocenters. The van der Waals surface area contributed by atoms with Gasteiger partial charge in [0.1, 0.15) is 6.34 Å². The van der Waals surface area contributed by atoms with Crippen LogP contribution >= 0.6 is 11.9 Å². The largest absolute Gasteiger partial charge is 0.303 e. The van der Waals surface area contributed by atoms with E-state index in [1.54, 1.807) is 0 Å². The van der Waals surface area contributed by atoms with Crippen molar-refractivity contribution in [3.05, 3.63) is 12.3 Å². The monoisotopic (exact) mass is 228 g/mol. The van der Waals surface area contributed by atoms with Crippen molar-refractivity contribution in [3.8, 4) is 0 Å². The van der Waals surface area contributed by atoms with Crippen LogP contribution in [0.4, 0.5) is 0 Å². The summed E-state index contributed by atoms with van der Waals surface area (Å²) >= 11 is 1.82. The van der Waals surface area contributed by atoms with Crippen LogP contribution in [0.25, 0.3) is 0 Å². The molecule has 1 aliphatic heterocycles. The Bertz CT molecular complexity index is 227. The maximum absolute atomic E-state index is 4.09. The fourth-order valence-corrected chi connectivity index (χ4v) is 2.25. The van der Waals surface area contributed by atoms with Crippen LogP contribution in [-0.2, 0) is 0 Å². The SMILES string of the molecule is CCC(CSN1C=NC=CC1)NN(C)C. The zero-order valence-corrected chi connectivity index (χ0v) is 10.5. The highest BCUT2D eigenvalue weighted by atomic mass is 32.2. The highest BCUT2D eigenvalue weighted by molar-refractivity contribution is 7.97. The van der Waals surface area contributed by atoms with Gasteiger partial charge in [-0.15, -0.1) is 0 Å². The normalized spacial score (nSPS) is 17.5. The lowest BCUT2D eigenvalue weighted by molar-refractivity contribution is 0.249. The first-order chi connectivity index (χ1) is 7.22. The van der Waals surface area contributed by atoms with Gasteiger partial charge < -0.3 is 4.31 Å². The van der Waals surface area contributed by atoms with Crippen LogP contribution in [0.3, 0.4) is 0 Å². The molecule has 0 radical (unpaired) electrons. The van der Waals surface area contributed by atoms with Crippen LogP contribution in [0.1, 0.15) is 13.3 Å². The molecule has 0 saturated carbocycles. The molecule has 1 aliphatic rings. The molecule has 0 bridgehead atoms. The Balaban J connectivity index is 2.21. The molecule has 0 amide bonds. The molecule has 1 rings (SSSR count). The van der Waals surface area contributed by atoms with Crippen LogP contribution in [0.2, 0.25) is 0 Å². The lowest BCUT2D eigenvalue weighted by Crippen LogP contribution is -2.41. The summed E-state index contributed by atoms with van der Waals surface area (Å²) in [5.74, 6) is 1.06. The Morgan fingerprint density at radius 3 is 2.93 bits per heavy atom. The van der Waals surface area contributed by atoms with E-state index >= 15 is 0 Å². The maximum Gasteiger partial charge on any atom is 0.101 e. The van der Waals surface area contributed by atoms with Crippen molar-refractivity contribution >= 4 is 18.3 Å². The number of nitrogens with zero attached hydrogens (tertiary/aromatic N) is 3. The predicted molar refractivity (Wildman–Crippen MR) is 67.7 cm³/mol. The molecule has 0 saturated heterocycles. The Morgan fingerprint density at radius 1 is 1.60 bits per heavy atom. The van der Waals surface area contributed by atoms with Gasteiger partial charge in [-0.3, -0.25) is 10.4 Å². The van der Waals surface area contributed by atoms with E-state index in [2.05, 4.69) is 27.7 Å². The number of nitrogens with one attached hydrogen (secondary N) is 1. The van der Waals surface area contributed by atoms with E-state index in [9.17, 15) is 0 Å². The van der Waals surface area contributed by atoms with E-state index < -0.39 is 0 Å². The van der Waals surface area contributed by atoms with Gasteiger partial charge in [-0.05, 0) is 24.4 Å². The third-order valence-corrected chi connectivity index (χ3v) is 3.17. The number of hydrazine groups is 1. The van der Waals surface area contributed by atoms with Crippen LogP contribution < -0.4 is 5.43 Å². The zero-order chi connectivity index (χ0) is 11.1. The third kappa shape index (κ3) is 5.20. The lowest BCUT2D eigenvalue weighted by Gasteiger charge is -2.24. The van der Waals surface area contributed by atoms with Crippen LogP contribution in [0.15, 0.2) is 17.3 Å². The first-order valence-electron chi connectivity index (χ1n) is 5.23. The van der Waals surface area contributed by atoms with E-state index in [0.717, 1.165) is 18.7 Å². The molecule has 15 heavy (non-hydrogen) atoms. The molecule has 1 heterocycles. The van der Waals surface area contributed by atoms with E-state index in [0.29, 0.717) is 6.04 Å². The standard InChI is InChI=1S/C10H20N4S/c1-4-10(12-13(2)3)8-15-14-7-5-6-11-9-14/h5-6,9-10,12H,4,7-8H2,1-3H3. The lowest BCUT2D eigenvalue weighted by atomic mass is 10.3. The van der Waals surface area contributed by atoms with E-state index in [1.165, 1.54) is 0 Å². The minimum atomic E-state index is 0.518. The fourth-order valence-electron chi connectivity index (χ4n) is 1.26. The van der Waals surface area contributed by atoms with Crippen molar-refractivity contribution in [2.45, 2.75) is 19.4 Å². The Morgan fingerprint density at radius 2 is 2.40 bits per heavy atom. The summed E-state index contributed by atoms with van der Waals surface area (Å²) in [6, 6.07) is 0.518. The molecule has 1 atom stereocenters. The molecule has 0 spiro atoms. The van der Waals surface area contributed by atoms with Gasteiger partial charge in [0.25, 0.3) is 0 Å². The number of rotatable bonds is 6. The number of hydrogen-bond acceptors (Lipinski definition) is 5. The van der Waals surface area contributed by atoms with Gasteiger partial charge in [0.15, 0.2) is 0 Å². The summed E-state index contributed by atoms with van der Waals surface area (Å²) in [5.41, 5.74) is 3.39. The highest BCUT2D eigenvalue weighted by Crippen LogP contribution is 2.12.